The average molecular weight is 280 g/mol. The summed E-state index contributed by atoms with van der Waals surface area (Å²) in [4.78, 5) is 12.3. The summed E-state index contributed by atoms with van der Waals surface area (Å²) in [7, 11) is 0. The molecule has 1 aliphatic carbocycles. The monoisotopic (exact) mass is 280 g/mol. The molecule has 0 spiro atoms. The number of Topliss-reactive ketones (excluding diaryl/α,β-unsaturated/α-hetero) is 1. The van der Waals surface area contributed by atoms with Crippen LogP contribution in [-0.4, -0.2) is 5.78 Å². The van der Waals surface area contributed by atoms with E-state index < -0.39 is 11.6 Å². The summed E-state index contributed by atoms with van der Waals surface area (Å²) in [5.74, 6) is -0.976. The molecule has 1 aromatic carbocycles. The lowest BCUT2D eigenvalue weighted by Gasteiger charge is -2.36. The van der Waals surface area contributed by atoms with Gasteiger partial charge in [0.1, 0.15) is 11.6 Å². The molecule has 1 nitrogen and oxygen atoms in total. The van der Waals surface area contributed by atoms with E-state index in [4.69, 9.17) is 0 Å². The van der Waals surface area contributed by atoms with E-state index in [1.54, 1.807) is 0 Å². The molecule has 3 heteroatoms. The van der Waals surface area contributed by atoms with Gasteiger partial charge in [-0.15, -0.1) is 0 Å². The van der Waals surface area contributed by atoms with Gasteiger partial charge in [0.25, 0.3) is 0 Å². The number of hydrogen-bond acceptors (Lipinski definition) is 1. The van der Waals surface area contributed by atoms with Crippen LogP contribution >= 0.6 is 0 Å². The van der Waals surface area contributed by atoms with Crippen LogP contribution in [-0.2, 0) is 0 Å². The molecule has 2 rings (SSSR count). The van der Waals surface area contributed by atoms with Gasteiger partial charge in [0, 0.05) is 5.92 Å². The minimum absolute atomic E-state index is 0.0933. The molecule has 0 saturated heterocycles. The predicted octanol–water partition coefficient (Wildman–Crippen LogP) is 5.00. The Balaban J connectivity index is 2.07. The predicted molar refractivity (Wildman–Crippen MR) is 75.6 cm³/mol. The summed E-state index contributed by atoms with van der Waals surface area (Å²) in [6, 6.07) is 3.10. The lowest BCUT2D eigenvalue weighted by Crippen LogP contribution is -2.29. The highest BCUT2D eigenvalue weighted by Gasteiger charge is 2.33. The van der Waals surface area contributed by atoms with Gasteiger partial charge in [-0.1, -0.05) is 20.8 Å². The van der Waals surface area contributed by atoms with Gasteiger partial charge in [-0.3, -0.25) is 4.79 Å². The molecule has 1 aromatic rings. The molecule has 0 bridgehead atoms. The number of ketones is 1. The Labute approximate surface area is 119 Å². The zero-order valence-corrected chi connectivity index (χ0v) is 12.4. The number of rotatable bonds is 2. The van der Waals surface area contributed by atoms with E-state index in [1.807, 2.05) is 0 Å². The molecule has 0 radical (unpaired) electrons. The Morgan fingerprint density at radius 3 is 2.25 bits per heavy atom. The fourth-order valence-electron chi connectivity index (χ4n) is 3.13. The number of carbonyl (C=O) groups excluding carboxylic acids is 1. The van der Waals surface area contributed by atoms with Crippen LogP contribution in [0.3, 0.4) is 0 Å². The zero-order chi connectivity index (χ0) is 14.9. The SMILES string of the molecule is CC(C)(C)C1CCC(C(=O)c2cc(F)ccc2F)CC1. The molecule has 1 aliphatic rings. The van der Waals surface area contributed by atoms with Crippen molar-refractivity contribution in [3.63, 3.8) is 0 Å². The van der Waals surface area contributed by atoms with E-state index >= 15 is 0 Å². The number of halogens is 2. The van der Waals surface area contributed by atoms with Gasteiger partial charge < -0.3 is 0 Å². The Bertz CT molecular complexity index is 494. The molecule has 1 fully saturated rings. The Morgan fingerprint density at radius 1 is 1.10 bits per heavy atom. The smallest absolute Gasteiger partial charge is 0.168 e. The van der Waals surface area contributed by atoms with E-state index in [2.05, 4.69) is 20.8 Å². The van der Waals surface area contributed by atoms with Crippen molar-refractivity contribution >= 4 is 5.78 Å². The number of carbonyl (C=O) groups is 1. The van der Waals surface area contributed by atoms with Crippen molar-refractivity contribution in [1.29, 1.82) is 0 Å². The molecule has 0 unspecified atom stereocenters. The van der Waals surface area contributed by atoms with Gasteiger partial charge in [-0.05, 0) is 55.2 Å². The van der Waals surface area contributed by atoms with E-state index in [9.17, 15) is 13.6 Å². The van der Waals surface area contributed by atoms with Crippen molar-refractivity contribution in [2.75, 3.05) is 0 Å². The second kappa shape index (κ2) is 5.63. The minimum atomic E-state index is -0.616. The van der Waals surface area contributed by atoms with Gasteiger partial charge >= 0.3 is 0 Å². The molecule has 0 aromatic heterocycles. The Morgan fingerprint density at radius 2 is 1.70 bits per heavy atom. The zero-order valence-electron chi connectivity index (χ0n) is 12.4. The highest BCUT2D eigenvalue weighted by molar-refractivity contribution is 5.98. The quantitative estimate of drug-likeness (QED) is 0.697. The van der Waals surface area contributed by atoms with Crippen LogP contribution in [0.4, 0.5) is 8.78 Å². The number of benzene rings is 1. The highest BCUT2D eigenvalue weighted by atomic mass is 19.1. The summed E-state index contributed by atoms with van der Waals surface area (Å²) in [5, 5.41) is 0. The first-order valence-electron chi connectivity index (χ1n) is 7.28. The third-order valence-electron chi connectivity index (χ3n) is 4.52. The van der Waals surface area contributed by atoms with Gasteiger partial charge in [0.05, 0.1) is 5.56 Å². The molecule has 0 heterocycles. The Hall–Kier alpha value is -1.25. The molecule has 0 N–H and O–H groups in total. The number of hydrogen-bond donors (Lipinski definition) is 0. The summed E-state index contributed by atoms with van der Waals surface area (Å²) < 4.78 is 26.8. The van der Waals surface area contributed by atoms with Crippen molar-refractivity contribution in [2.45, 2.75) is 46.5 Å². The van der Waals surface area contributed by atoms with E-state index in [0.717, 1.165) is 43.9 Å². The first-order chi connectivity index (χ1) is 9.29. The topological polar surface area (TPSA) is 17.1 Å². The Kier molecular flexibility index (Phi) is 4.26. The van der Waals surface area contributed by atoms with Crippen LogP contribution in [0.2, 0.25) is 0 Å². The molecule has 0 aliphatic heterocycles. The standard InChI is InChI=1S/C17H22F2O/c1-17(2,3)12-6-4-11(5-7-12)16(20)14-10-13(18)8-9-15(14)19/h8-12H,4-7H2,1-3H3. The third kappa shape index (κ3) is 3.25. The maximum atomic E-state index is 13.7. The van der Waals surface area contributed by atoms with E-state index in [1.165, 1.54) is 0 Å². The summed E-state index contributed by atoms with van der Waals surface area (Å²) in [6.07, 6.45) is 3.52. The first kappa shape index (κ1) is 15.1. The first-order valence-corrected chi connectivity index (χ1v) is 7.28. The highest BCUT2D eigenvalue weighted by Crippen LogP contribution is 2.40. The summed E-state index contributed by atoms with van der Waals surface area (Å²) in [6.45, 7) is 6.64. The molecular weight excluding hydrogens is 258 g/mol. The lowest BCUT2D eigenvalue weighted by atomic mass is 9.69. The van der Waals surface area contributed by atoms with Crippen molar-refractivity contribution < 1.29 is 13.6 Å². The van der Waals surface area contributed by atoms with E-state index in [0.29, 0.717) is 5.92 Å². The van der Waals surface area contributed by atoms with Gasteiger partial charge in [-0.2, -0.15) is 0 Å². The lowest BCUT2D eigenvalue weighted by molar-refractivity contribution is 0.0815. The van der Waals surface area contributed by atoms with E-state index in [-0.39, 0.29) is 22.7 Å². The molecule has 0 amide bonds. The summed E-state index contributed by atoms with van der Waals surface area (Å²) in [5.41, 5.74) is 0.155. The van der Waals surface area contributed by atoms with Crippen molar-refractivity contribution in [2.24, 2.45) is 17.3 Å². The average Bonchev–Trinajstić information content (AvgIpc) is 2.40. The summed E-state index contributed by atoms with van der Waals surface area (Å²) >= 11 is 0. The fourth-order valence-corrected chi connectivity index (χ4v) is 3.13. The van der Waals surface area contributed by atoms with Crippen LogP contribution in [0.1, 0.15) is 56.8 Å². The van der Waals surface area contributed by atoms with Crippen LogP contribution in [0.15, 0.2) is 18.2 Å². The molecular formula is C17H22F2O. The van der Waals surface area contributed by atoms with Crippen LogP contribution < -0.4 is 0 Å². The van der Waals surface area contributed by atoms with Gasteiger partial charge in [-0.25, -0.2) is 8.78 Å². The maximum absolute atomic E-state index is 13.7. The molecule has 110 valence electrons. The fraction of sp³-hybridized carbons (Fsp3) is 0.588. The van der Waals surface area contributed by atoms with Crippen LogP contribution in [0, 0.1) is 28.9 Å². The minimum Gasteiger partial charge on any atom is -0.294 e. The molecule has 1 saturated carbocycles. The second-order valence-electron chi connectivity index (χ2n) is 6.90. The normalized spacial score (nSPS) is 23.6. The van der Waals surface area contributed by atoms with Crippen LogP contribution in [0.5, 0.6) is 0 Å². The van der Waals surface area contributed by atoms with Crippen molar-refractivity contribution in [3.8, 4) is 0 Å². The molecule has 20 heavy (non-hydrogen) atoms. The third-order valence-corrected chi connectivity index (χ3v) is 4.52. The van der Waals surface area contributed by atoms with Crippen molar-refractivity contribution in [3.05, 3.63) is 35.4 Å². The largest absolute Gasteiger partial charge is 0.294 e. The van der Waals surface area contributed by atoms with Crippen LogP contribution in [0.25, 0.3) is 0 Å². The molecule has 0 atom stereocenters. The maximum Gasteiger partial charge on any atom is 0.168 e. The van der Waals surface area contributed by atoms with Crippen molar-refractivity contribution in [1.82, 2.24) is 0 Å². The van der Waals surface area contributed by atoms with Gasteiger partial charge in [0.2, 0.25) is 0 Å². The second-order valence-corrected chi connectivity index (χ2v) is 6.90. The van der Waals surface area contributed by atoms with Gasteiger partial charge in [0.15, 0.2) is 5.78 Å².